The Hall–Kier alpha value is -2.21. The second-order valence-electron chi connectivity index (χ2n) is 5.46. The van der Waals surface area contributed by atoms with Crippen molar-refractivity contribution in [2.75, 3.05) is 5.32 Å². The molecule has 0 unspecified atom stereocenters. The predicted octanol–water partition coefficient (Wildman–Crippen LogP) is 1.81. The zero-order valence-electron chi connectivity index (χ0n) is 11.2. The predicted molar refractivity (Wildman–Crippen MR) is 72.1 cm³/mol. The number of anilines is 1. The summed E-state index contributed by atoms with van der Waals surface area (Å²) in [6.45, 7) is 1.70. The van der Waals surface area contributed by atoms with Crippen molar-refractivity contribution >= 4 is 17.6 Å². The Morgan fingerprint density at radius 1 is 1.33 bits per heavy atom. The van der Waals surface area contributed by atoms with Crippen molar-refractivity contribution in [1.29, 1.82) is 0 Å². The SMILES string of the molecule is C[C@@]12C=C[C@@H](O1)[C@H](C(=O)O)[C@@H]2C(=O)Nc1ccc(F)cc1. The van der Waals surface area contributed by atoms with Gasteiger partial charge in [0.15, 0.2) is 0 Å². The van der Waals surface area contributed by atoms with Gasteiger partial charge in [0.2, 0.25) is 5.91 Å². The summed E-state index contributed by atoms with van der Waals surface area (Å²) in [6.07, 6.45) is 2.82. The summed E-state index contributed by atoms with van der Waals surface area (Å²) < 4.78 is 18.5. The third-order valence-electron chi connectivity index (χ3n) is 4.02. The molecule has 1 fully saturated rings. The van der Waals surface area contributed by atoms with Crippen LogP contribution in [-0.2, 0) is 14.3 Å². The molecular formula is C15H14FNO4. The fraction of sp³-hybridized carbons (Fsp3) is 0.333. The third kappa shape index (κ3) is 2.21. The molecule has 0 radical (unpaired) electrons. The van der Waals surface area contributed by atoms with Gasteiger partial charge in [0.25, 0.3) is 0 Å². The van der Waals surface area contributed by atoms with E-state index < -0.39 is 41.2 Å². The fourth-order valence-electron chi connectivity index (χ4n) is 3.03. The minimum Gasteiger partial charge on any atom is -0.481 e. The van der Waals surface area contributed by atoms with E-state index in [0.29, 0.717) is 5.69 Å². The number of amides is 1. The van der Waals surface area contributed by atoms with Gasteiger partial charge >= 0.3 is 5.97 Å². The normalized spacial score (nSPS) is 33.1. The van der Waals surface area contributed by atoms with Gasteiger partial charge in [-0.1, -0.05) is 12.2 Å². The Bertz CT molecular complexity index is 627. The molecule has 1 saturated heterocycles. The molecule has 1 amide bonds. The number of hydrogen-bond acceptors (Lipinski definition) is 3. The number of halogens is 1. The van der Waals surface area contributed by atoms with Crippen molar-refractivity contribution in [3.8, 4) is 0 Å². The van der Waals surface area contributed by atoms with Crippen LogP contribution in [0.4, 0.5) is 10.1 Å². The van der Waals surface area contributed by atoms with Crippen LogP contribution in [0.15, 0.2) is 36.4 Å². The molecule has 21 heavy (non-hydrogen) atoms. The van der Waals surface area contributed by atoms with Crippen molar-refractivity contribution in [3.05, 3.63) is 42.2 Å². The van der Waals surface area contributed by atoms with Crippen molar-refractivity contribution in [2.45, 2.75) is 18.6 Å². The van der Waals surface area contributed by atoms with Gasteiger partial charge < -0.3 is 15.2 Å². The quantitative estimate of drug-likeness (QED) is 0.833. The summed E-state index contributed by atoms with van der Waals surface area (Å²) in [7, 11) is 0. The zero-order chi connectivity index (χ0) is 15.2. The Morgan fingerprint density at radius 3 is 2.62 bits per heavy atom. The van der Waals surface area contributed by atoms with Crippen LogP contribution in [0.2, 0.25) is 0 Å². The first-order valence-corrected chi connectivity index (χ1v) is 6.57. The summed E-state index contributed by atoms with van der Waals surface area (Å²) in [6, 6.07) is 5.30. The molecule has 2 bridgehead atoms. The summed E-state index contributed by atoms with van der Waals surface area (Å²) >= 11 is 0. The van der Waals surface area contributed by atoms with Gasteiger partial charge in [-0.3, -0.25) is 9.59 Å². The molecule has 0 saturated carbocycles. The van der Waals surface area contributed by atoms with Crippen LogP contribution in [0.3, 0.4) is 0 Å². The van der Waals surface area contributed by atoms with Crippen molar-refractivity contribution in [1.82, 2.24) is 0 Å². The Kier molecular flexibility index (Phi) is 3.06. The standard InChI is InChI=1S/C15H14FNO4/c1-15-7-6-10(21-15)11(14(19)20)12(15)13(18)17-9-4-2-8(16)3-5-9/h2-7,10-12H,1H3,(H,17,18)(H,19,20)/t10-,11+,12-,15+/m1/s1. The number of benzene rings is 1. The number of fused-ring (bicyclic) bond motifs is 2. The van der Waals surface area contributed by atoms with Crippen molar-refractivity contribution in [3.63, 3.8) is 0 Å². The molecule has 0 spiro atoms. The monoisotopic (exact) mass is 291 g/mol. The van der Waals surface area contributed by atoms with Gasteiger partial charge in [0.1, 0.15) is 11.7 Å². The van der Waals surface area contributed by atoms with Crippen LogP contribution in [0, 0.1) is 17.7 Å². The van der Waals surface area contributed by atoms with Gasteiger partial charge in [-0.25, -0.2) is 4.39 Å². The second kappa shape index (κ2) is 4.66. The molecule has 6 heteroatoms. The highest BCUT2D eigenvalue weighted by Gasteiger charge is 2.59. The molecule has 5 nitrogen and oxygen atoms in total. The van der Waals surface area contributed by atoms with E-state index in [9.17, 15) is 19.1 Å². The first-order valence-electron chi connectivity index (χ1n) is 6.57. The number of carbonyl (C=O) groups is 2. The van der Waals surface area contributed by atoms with E-state index in [-0.39, 0.29) is 0 Å². The number of ether oxygens (including phenoxy) is 1. The summed E-state index contributed by atoms with van der Waals surface area (Å²) in [5, 5.41) is 12.0. The van der Waals surface area contributed by atoms with Crippen LogP contribution in [0.1, 0.15) is 6.92 Å². The second-order valence-corrected chi connectivity index (χ2v) is 5.46. The zero-order valence-corrected chi connectivity index (χ0v) is 11.2. The molecule has 4 atom stereocenters. The number of aliphatic carboxylic acids is 1. The van der Waals surface area contributed by atoms with E-state index in [4.69, 9.17) is 4.74 Å². The number of carboxylic acid groups (broad SMARTS) is 1. The molecule has 2 aliphatic rings. The number of carbonyl (C=O) groups excluding carboxylic acids is 1. The van der Waals surface area contributed by atoms with E-state index in [1.54, 1.807) is 19.1 Å². The largest absolute Gasteiger partial charge is 0.481 e. The average Bonchev–Trinajstić information content (AvgIpc) is 2.94. The van der Waals surface area contributed by atoms with E-state index in [0.717, 1.165) is 0 Å². The van der Waals surface area contributed by atoms with Crippen LogP contribution < -0.4 is 5.32 Å². The van der Waals surface area contributed by atoms with Crippen LogP contribution in [0.5, 0.6) is 0 Å². The van der Waals surface area contributed by atoms with E-state index in [1.807, 2.05) is 0 Å². The van der Waals surface area contributed by atoms with Gasteiger partial charge in [-0.15, -0.1) is 0 Å². The topological polar surface area (TPSA) is 75.6 Å². The Balaban J connectivity index is 1.84. The minimum atomic E-state index is -1.06. The molecule has 110 valence electrons. The highest BCUT2D eigenvalue weighted by Crippen LogP contribution is 2.47. The van der Waals surface area contributed by atoms with Gasteiger partial charge in [0, 0.05) is 5.69 Å². The number of carboxylic acids is 1. The average molecular weight is 291 g/mol. The highest BCUT2D eigenvalue weighted by atomic mass is 19.1. The summed E-state index contributed by atoms with van der Waals surface area (Å²) in [5.74, 6) is -3.65. The van der Waals surface area contributed by atoms with Gasteiger partial charge in [-0.05, 0) is 31.2 Å². The number of rotatable bonds is 3. The smallest absolute Gasteiger partial charge is 0.310 e. The van der Waals surface area contributed by atoms with Crippen molar-refractivity contribution in [2.24, 2.45) is 11.8 Å². The van der Waals surface area contributed by atoms with Crippen LogP contribution in [-0.4, -0.2) is 28.7 Å². The lowest BCUT2D eigenvalue weighted by Gasteiger charge is -2.27. The fourth-order valence-corrected chi connectivity index (χ4v) is 3.03. The Labute approximate surface area is 120 Å². The molecule has 2 N–H and O–H groups in total. The maximum absolute atomic E-state index is 12.9. The molecule has 1 aromatic rings. The van der Waals surface area contributed by atoms with E-state index in [2.05, 4.69) is 5.32 Å². The molecule has 0 aliphatic carbocycles. The van der Waals surface area contributed by atoms with Crippen molar-refractivity contribution < 1.29 is 23.8 Å². The van der Waals surface area contributed by atoms with Gasteiger partial charge in [-0.2, -0.15) is 0 Å². The van der Waals surface area contributed by atoms with Crippen LogP contribution >= 0.6 is 0 Å². The van der Waals surface area contributed by atoms with Crippen LogP contribution in [0.25, 0.3) is 0 Å². The number of nitrogens with one attached hydrogen (secondary N) is 1. The lowest BCUT2D eigenvalue weighted by atomic mass is 9.75. The molecule has 2 aliphatic heterocycles. The minimum absolute atomic E-state index is 0.408. The lowest BCUT2D eigenvalue weighted by Crippen LogP contribution is -2.44. The molecular weight excluding hydrogens is 277 g/mol. The van der Waals surface area contributed by atoms with E-state index >= 15 is 0 Å². The maximum Gasteiger partial charge on any atom is 0.310 e. The lowest BCUT2D eigenvalue weighted by molar-refractivity contribution is -0.146. The summed E-state index contributed by atoms with van der Waals surface area (Å²) in [4.78, 5) is 23.8. The molecule has 1 aromatic carbocycles. The highest BCUT2D eigenvalue weighted by molar-refractivity contribution is 5.97. The summed E-state index contributed by atoms with van der Waals surface area (Å²) in [5.41, 5.74) is -0.501. The Morgan fingerprint density at radius 2 is 2.00 bits per heavy atom. The maximum atomic E-state index is 12.9. The number of hydrogen-bond donors (Lipinski definition) is 2. The molecule has 0 aromatic heterocycles. The molecule has 2 heterocycles. The third-order valence-corrected chi connectivity index (χ3v) is 4.02. The van der Waals surface area contributed by atoms with Gasteiger partial charge in [0.05, 0.1) is 17.6 Å². The molecule has 3 rings (SSSR count). The first kappa shape index (κ1) is 13.8. The van der Waals surface area contributed by atoms with E-state index in [1.165, 1.54) is 24.3 Å². The first-order chi connectivity index (χ1) is 9.90.